The van der Waals surface area contributed by atoms with E-state index in [-0.39, 0.29) is 5.91 Å². The molecule has 0 aromatic rings. The van der Waals surface area contributed by atoms with Crippen molar-refractivity contribution in [3.05, 3.63) is 0 Å². The second-order valence-electron chi connectivity index (χ2n) is 5.73. The van der Waals surface area contributed by atoms with Crippen LogP contribution >= 0.6 is 0 Å². The zero-order valence-corrected chi connectivity index (χ0v) is 12.4. The van der Waals surface area contributed by atoms with Crippen molar-refractivity contribution in [1.29, 1.82) is 5.26 Å². The van der Waals surface area contributed by atoms with Gasteiger partial charge >= 0.3 is 0 Å². The molecular formula is C15H26N2O2. The van der Waals surface area contributed by atoms with Gasteiger partial charge in [-0.05, 0) is 31.1 Å². The van der Waals surface area contributed by atoms with E-state index in [1.807, 2.05) is 6.07 Å². The first-order chi connectivity index (χ1) is 9.04. The Morgan fingerprint density at radius 3 is 2.74 bits per heavy atom. The van der Waals surface area contributed by atoms with Crippen molar-refractivity contribution in [2.75, 3.05) is 20.2 Å². The lowest BCUT2D eigenvalue weighted by atomic mass is 9.80. The van der Waals surface area contributed by atoms with Crippen LogP contribution in [0.1, 0.15) is 46.0 Å². The van der Waals surface area contributed by atoms with E-state index in [1.54, 1.807) is 11.9 Å². The van der Waals surface area contributed by atoms with Gasteiger partial charge in [0.15, 0.2) is 0 Å². The summed E-state index contributed by atoms with van der Waals surface area (Å²) in [7, 11) is 1.74. The summed E-state index contributed by atoms with van der Waals surface area (Å²) in [5.74, 6) is 1.57. The van der Waals surface area contributed by atoms with Crippen molar-refractivity contribution in [1.82, 2.24) is 4.90 Å². The molecule has 0 aliphatic heterocycles. The van der Waals surface area contributed by atoms with Crippen LogP contribution in [-0.2, 0) is 9.53 Å². The third-order valence-electron chi connectivity index (χ3n) is 4.20. The van der Waals surface area contributed by atoms with Crippen molar-refractivity contribution in [2.45, 2.75) is 52.1 Å². The van der Waals surface area contributed by atoms with Crippen LogP contribution in [0.2, 0.25) is 0 Å². The van der Waals surface area contributed by atoms with Crippen molar-refractivity contribution in [2.24, 2.45) is 11.8 Å². The average Bonchev–Trinajstić information content (AvgIpc) is 2.39. The van der Waals surface area contributed by atoms with Gasteiger partial charge < -0.3 is 9.64 Å². The molecule has 108 valence electrons. The number of hydrogen-bond acceptors (Lipinski definition) is 3. The SMILES string of the molecule is CC1CCC(OCCC(=O)N(C)CCC#N)CC1C. The molecule has 0 aromatic carbocycles. The summed E-state index contributed by atoms with van der Waals surface area (Å²) in [6, 6.07) is 2.05. The number of carbonyl (C=O) groups is 1. The maximum atomic E-state index is 11.7. The molecule has 0 spiro atoms. The third kappa shape index (κ3) is 5.61. The summed E-state index contributed by atoms with van der Waals surface area (Å²) >= 11 is 0. The molecular weight excluding hydrogens is 240 g/mol. The van der Waals surface area contributed by atoms with E-state index in [4.69, 9.17) is 10.00 Å². The number of carbonyl (C=O) groups excluding carboxylic acids is 1. The number of nitrogens with zero attached hydrogens (tertiary/aromatic N) is 2. The molecule has 0 aromatic heterocycles. The Morgan fingerprint density at radius 2 is 2.11 bits per heavy atom. The minimum Gasteiger partial charge on any atom is -0.378 e. The lowest BCUT2D eigenvalue weighted by Crippen LogP contribution is -2.30. The van der Waals surface area contributed by atoms with E-state index >= 15 is 0 Å². The second-order valence-corrected chi connectivity index (χ2v) is 5.73. The Hall–Kier alpha value is -1.08. The Labute approximate surface area is 116 Å². The van der Waals surface area contributed by atoms with Crippen LogP contribution in [0.3, 0.4) is 0 Å². The van der Waals surface area contributed by atoms with Crippen LogP contribution in [0.25, 0.3) is 0 Å². The van der Waals surface area contributed by atoms with Crippen molar-refractivity contribution in [3.63, 3.8) is 0 Å². The monoisotopic (exact) mass is 266 g/mol. The van der Waals surface area contributed by atoms with Crippen molar-refractivity contribution < 1.29 is 9.53 Å². The molecule has 4 nitrogen and oxygen atoms in total. The van der Waals surface area contributed by atoms with Crippen LogP contribution in [0.15, 0.2) is 0 Å². The fourth-order valence-corrected chi connectivity index (χ4v) is 2.50. The molecule has 0 radical (unpaired) electrons. The van der Waals surface area contributed by atoms with Gasteiger partial charge in [0.05, 0.1) is 31.6 Å². The molecule has 1 rings (SSSR count). The quantitative estimate of drug-likeness (QED) is 0.742. The first-order valence-corrected chi connectivity index (χ1v) is 7.27. The molecule has 0 saturated heterocycles. The molecule has 1 amide bonds. The molecule has 0 heterocycles. The zero-order valence-electron chi connectivity index (χ0n) is 12.4. The summed E-state index contributed by atoms with van der Waals surface area (Å²) < 4.78 is 5.81. The van der Waals surface area contributed by atoms with Gasteiger partial charge in [0.25, 0.3) is 0 Å². The largest absolute Gasteiger partial charge is 0.378 e. The molecule has 3 unspecified atom stereocenters. The number of nitriles is 1. The molecule has 0 N–H and O–H groups in total. The molecule has 1 saturated carbocycles. The second kappa shape index (κ2) is 8.16. The normalized spacial score (nSPS) is 26.7. The standard InChI is InChI=1S/C15H26N2O2/c1-12-5-6-14(11-13(12)2)19-10-7-15(18)17(3)9-4-8-16/h12-14H,4-7,9-11H2,1-3H3. The van der Waals surface area contributed by atoms with Gasteiger partial charge in [-0.3, -0.25) is 4.79 Å². The predicted molar refractivity (Wildman–Crippen MR) is 74.4 cm³/mol. The Kier molecular flexibility index (Phi) is 6.86. The van der Waals surface area contributed by atoms with E-state index in [9.17, 15) is 4.79 Å². The van der Waals surface area contributed by atoms with Gasteiger partial charge in [0.1, 0.15) is 0 Å². The smallest absolute Gasteiger partial charge is 0.224 e. The van der Waals surface area contributed by atoms with Crippen LogP contribution in [0.5, 0.6) is 0 Å². The highest BCUT2D eigenvalue weighted by molar-refractivity contribution is 5.75. The van der Waals surface area contributed by atoms with Crippen LogP contribution in [0, 0.1) is 23.2 Å². The molecule has 1 aliphatic carbocycles. The predicted octanol–water partition coefficient (Wildman–Crippen LogP) is 2.59. The Bertz CT molecular complexity index is 325. The first-order valence-electron chi connectivity index (χ1n) is 7.27. The maximum Gasteiger partial charge on any atom is 0.224 e. The molecule has 4 heteroatoms. The van der Waals surface area contributed by atoms with Crippen LogP contribution in [0.4, 0.5) is 0 Å². The maximum absolute atomic E-state index is 11.7. The Morgan fingerprint density at radius 1 is 1.37 bits per heavy atom. The first kappa shape index (κ1) is 16.0. The highest BCUT2D eigenvalue weighted by atomic mass is 16.5. The minimum absolute atomic E-state index is 0.0625. The molecule has 1 fully saturated rings. The van der Waals surface area contributed by atoms with Crippen molar-refractivity contribution >= 4 is 5.91 Å². The van der Waals surface area contributed by atoms with Crippen molar-refractivity contribution in [3.8, 4) is 6.07 Å². The molecule has 1 aliphatic rings. The third-order valence-corrected chi connectivity index (χ3v) is 4.20. The van der Waals surface area contributed by atoms with Gasteiger partial charge in [0.2, 0.25) is 5.91 Å². The topological polar surface area (TPSA) is 53.3 Å². The lowest BCUT2D eigenvalue weighted by Gasteiger charge is -2.32. The summed E-state index contributed by atoms with van der Waals surface area (Å²) in [5, 5.41) is 8.48. The Balaban J connectivity index is 2.16. The average molecular weight is 266 g/mol. The number of hydrogen-bond donors (Lipinski definition) is 0. The minimum atomic E-state index is 0.0625. The zero-order chi connectivity index (χ0) is 14.3. The van der Waals surface area contributed by atoms with Gasteiger partial charge in [-0.1, -0.05) is 13.8 Å². The van der Waals surface area contributed by atoms with Gasteiger partial charge in [-0.25, -0.2) is 0 Å². The van der Waals surface area contributed by atoms with Gasteiger partial charge in [-0.15, -0.1) is 0 Å². The van der Waals surface area contributed by atoms with Gasteiger partial charge in [-0.2, -0.15) is 5.26 Å². The summed E-state index contributed by atoms with van der Waals surface area (Å²) in [6.45, 7) is 5.59. The molecule has 19 heavy (non-hydrogen) atoms. The fourth-order valence-electron chi connectivity index (χ4n) is 2.50. The highest BCUT2D eigenvalue weighted by Crippen LogP contribution is 2.30. The molecule has 3 atom stereocenters. The number of amides is 1. The van der Waals surface area contributed by atoms with E-state index in [1.165, 1.54) is 6.42 Å². The lowest BCUT2D eigenvalue weighted by molar-refractivity contribution is -0.131. The van der Waals surface area contributed by atoms with E-state index in [0.717, 1.165) is 18.8 Å². The van der Waals surface area contributed by atoms with Gasteiger partial charge in [0, 0.05) is 13.6 Å². The number of rotatable bonds is 6. The number of ether oxygens (including phenoxy) is 1. The summed E-state index contributed by atoms with van der Waals surface area (Å²) in [6.07, 6.45) is 4.58. The van der Waals surface area contributed by atoms with E-state index < -0.39 is 0 Å². The molecule has 0 bridgehead atoms. The fraction of sp³-hybridized carbons (Fsp3) is 0.867. The summed E-state index contributed by atoms with van der Waals surface area (Å²) in [4.78, 5) is 13.4. The van der Waals surface area contributed by atoms with Crippen LogP contribution in [-0.4, -0.2) is 37.1 Å². The van der Waals surface area contributed by atoms with E-state index in [0.29, 0.717) is 38.0 Å². The summed E-state index contributed by atoms with van der Waals surface area (Å²) in [5.41, 5.74) is 0. The van der Waals surface area contributed by atoms with E-state index in [2.05, 4.69) is 13.8 Å². The highest BCUT2D eigenvalue weighted by Gasteiger charge is 2.25. The van der Waals surface area contributed by atoms with Crippen LogP contribution < -0.4 is 0 Å².